The van der Waals surface area contributed by atoms with E-state index in [0.717, 1.165) is 12.6 Å². The van der Waals surface area contributed by atoms with Crippen LogP contribution in [-0.4, -0.2) is 6.15 Å². The summed E-state index contributed by atoms with van der Waals surface area (Å²) >= 11 is 0. The van der Waals surface area contributed by atoms with Crippen LogP contribution in [0, 0.1) is 0 Å². The third-order valence-corrected chi connectivity index (χ3v) is 5.73. The molecule has 0 bridgehead atoms. The first-order chi connectivity index (χ1) is 13.4. The van der Waals surface area contributed by atoms with Crippen LogP contribution in [0.4, 0.5) is 0 Å². The molecule has 0 fully saturated rings. The van der Waals surface area contributed by atoms with Gasteiger partial charge in [0.05, 0.1) is 6.15 Å². The Morgan fingerprint density at radius 2 is 0.667 bits per heavy atom. The van der Waals surface area contributed by atoms with Crippen LogP contribution in [0.2, 0.25) is 0 Å². The van der Waals surface area contributed by atoms with Gasteiger partial charge in [0.25, 0.3) is 0 Å². The van der Waals surface area contributed by atoms with Crippen LogP contribution < -0.4 is 10.9 Å². The van der Waals surface area contributed by atoms with Gasteiger partial charge in [-0.3, -0.25) is 0 Å². The zero-order valence-electron chi connectivity index (χ0n) is 15.5. The Bertz CT molecular complexity index is 865. The lowest BCUT2D eigenvalue weighted by Crippen LogP contribution is -2.62. The highest BCUT2D eigenvalue weighted by Gasteiger charge is 2.28. The predicted molar refractivity (Wildman–Crippen MR) is 118 cm³/mol. The zero-order valence-corrected chi connectivity index (χ0v) is 15.5. The second-order valence-electron chi connectivity index (χ2n) is 7.45. The fourth-order valence-electron chi connectivity index (χ4n) is 4.41. The van der Waals surface area contributed by atoms with Gasteiger partial charge in [0.2, 0.25) is 0 Å². The lowest BCUT2D eigenvalue weighted by Gasteiger charge is -2.42. The van der Waals surface area contributed by atoms with E-state index in [4.69, 9.17) is 0 Å². The first-order valence-electron chi connectivity index (χ1n) is 9.74. The van der Waals surface area contributed by atoms with Crippen molar-refractivity contribution in [2.24, 2.45) is 0 Å². The number of rotatable bonds is 6. The molecule has 0 heterocycles. The Hall–Kier alpha value is -3.06. The second kappa shape index (κ2) is 8.10. The molecule has 1 heteroatoms. The molecule has 27 heavy (non-hydrogen) atoms. The molecule has 4 aromatic rings. The third kappa shape index (κ3) is 3.88. The van der Waals surface area contributed by atoms with Gasteiger partial charge >= 0.3 is 0 Å². The molecule has 4 rings (SSSR count). The third-order valence-electron chi connectivity index (χ3n) is 5.73. The fourth-order valence-corrected chi connectivity index (χ4v) is 4.41. The molecule has 0 aliphatic heterocycles. The maximum absolute atomic E-state index is 2.30. The molecule has 0 aliphatic carbocycles. The Balaban J connectivity index is 1.90. The summed E-state index contributed by atoms with van der Waals surface area (Å²) in [6.07, 6.45) is 1.09. The van der Waals surface area contributed by atoms with E-state index in [0.29, 0.717) is 0 Å². The molecule has 0 aliphatic rings. The van der Waals surface area contributed by atoms with E-state index in [1.54, 1.807) is 0 Å². The molecule has 0 N–H and O–H groups in total. The molecule has 0 amide bonds. The highest BCUT2D eigenvalue weighted by molar-refractivity contribution is 7.01. The molecule has 0 spiro atoms. The number of hydrogen-bond acceptors (Lipinski definition) is 0. The lowest BCUT2D eigenvalue weighted by atomic mass is 9.14. The summed E-state index contributed by atoms with van der Waals surface area (Å²) < 4.78 is 0. The van der Waals surface area contributed by atoms with Crippen molar-refractivity contribution < 1.29 is 0 Å². The maximum atomic E-state index is 2.30. The van der Waals surface area contributed by atoms with Gasteiger partial charge in [0.15, 0.2) is 0 Å². The van der Waals surface area contributed by atoms with Gasteiger partial charge in [-0.2, -0.15) is 0 Å². The largest absolute Gasteiger partial charge is 0.204 e. The highest BCUT2D eigenvalue weighted by Crippen LogP contribution is 2.19. The zero-order chi connectivity index (χ0) is 18.4. The van der Waals surface area contributed by atoms with Crippen molar-refractivity contribution >= 4 is 17.1 Å². The van der Waals surface area contributed by atoms with Crippen LogP contribution in [0.15, 0.2) is 121 Å². The van der Waals surface area contributed by atoms with Gasteiger partial charge < -0.3 is 0 Å². The number of benzene rings is 4. The van der Waals surface area contributed by atoms with E-state index in [9.17, 15) is 0 Å². The first-order valence-corrected chi connectivity index (χ1v) is 9.74. The minimum absolute atomic E-state index is 0.971. The topological polar surface area (TPSA) is 0 Å². The monoisotopic (exact) mass is 347 g/mol. The van der Waals surface area contributed by atoms with Crippen molar-refractivity contribution in [1.82, 2.24) is 0 Å². The molecule has 132 valence electrons. The average Bonchev–Trinajstić information content (AvgIpc) is 2.76. The smallest absolute Gasteiger partial charge is 0.0634 e. The van der Waals surface area contributed by atoms with Crippen molar-refractivity contribution in [3.05, 3.63) is 132 Å². The summed E-state index contributed by atoms with van der Waals surface area (Å²) in [7, 11) is 0. The Labute approximate surface area is 162 Å². The Morgan fingerprint density at radius 3 is 1.00 bits per heavy atom. The molecule has 0 unspecified atom stereocenters. The standard InChI is InChI=1S/C26H24B/c1-5-13-23(14-6-1)21-27(25-17-9-3-10-18-25,26-19-11-4-12-20-26)22-24-15-7-2-8-16-24/h1-20H,21-22H2/q-1. The molecular formula is C26H24B-. The molecule has 0 nitrogen and oxygen atoms in total. The Morgan fingerprint density at radius 1 is 0.370 bits per heavy atom. The van der Waals surface area contributed by atoms with Crippen molar-refractivity contribution in [2.45, 2.75) is 12.6 Å². The minimum atomic E-state index is -0.971. The van der Waals surface area contributed by atoms with Gasteiger partial charge in [-0.1, -0.05) is 132 Å². The maximum Gasteiger partial charge on any atom is 0.0634 e. The van der Waals surface area contributed by atoms with E-state index in [-0.39, 0.29) is 0 Å². The van der Waals surface area contributed by atoms with Crippen LogP contribution in [-0.2, 0) is 12.6 Å². The summed E-state index contributed by atoms with van der Waals surface area (Å²) in [5.74, 6) is 0. The Kier molecular flexibility index (Phi) is 5.21. The molecule has 4 aromatic carbocycles. The average molecular weight is 347 g/mol. The van der Waals surface area contributed by atoms with Crippen molar-refractivity contribution in [3.63, 3.8) is 0 Å². The predicted octanol–water partition coefficient (Wildman–Crippen LogP) is 4.81. The number of hydrogen-bond donors (Lipinski definition) is 0. The molecule has 0 atom stereocenters. The van der Waals surface area contributed by atoms with Gasteiger partial charge in [0, 0.05) is 0 Å². The van der Waals surface area contributed by atoms with Crippen LogP contribution >= 0.6 is 0 Å². The molecule has 0 aromatic heterocycles. The summed E-state index contributed by atoms with van der Waals surface area (Å²) in [5.41, 5.74) is 5.63. The van der Waals surface area contributed by atoms with Gasteiger partial charge in [-0.05, 0) is 0 Å². The SMILES string of the molecule is c1ccc(C[B-](Cc2ccccc2)(c2ccccc2)c2ccccc2)cc1. The quantitative estimate of drug-likeness (QED) is 0.439. The van der Waals surface area contributed by atoms with E-state index in [1.807, 2.05) is 0 Å². The van der Waals surface area contributed by atoms with Crippen molar-refractivity contribution in [1.29, 1.82) is 0 Å². The first kappa shape index (κ1) is 17.4. The minimum Gasteiger partial charge on any atom is -0.204 e. The molecule has 0 saturated carbocycles. The van der Waals surface area contributed by atoms with Crippen LogP contribution in [0.1, 0.15) is 11.1 Å². The van der Waals surface area contributed by atoms with Gasteiger partial charge in [-0.15, -0.1) is 12.6 Å². The van der Waals surface area contributed by atoms with E-state index >= 15 is 0 Å². The molecular weight excluding hydrogens is 323 g/mol. The van der Waals surface area contributed by atoms with Crippen molar-refractivity contribution in [3.8, 4) is 0 Å². The van der Waals surface area contributed by atoms with Crippen molar-refractivity contribution in [2.75, 3.05) is 0 Å². The summed E-state index contributed by atoms with van der Waals surface area (Å²) in [4.78, 5) is 0. The van der Waals surface area contributed by atoms with Crippen LogP contribution in [0.3, 0.4) is 0 Å². The van der Waals surface area contributed by atoms with E-state index in [2.05, 4.69) is 121 Å². The lowest BCUT2D eigenvalue weighted by molar-refractivity contribution is 1.24. The molecule has 0 radical (unpaired) electrons. The summed E-state index contributed by atoms with van der Waals surface area (Å²) in [5, 5.41) is 0. The van der Waals surface area contributed by atoms with Crippen LogP contribution in [0.5, 0.6) is 0 Å². The van der Waals surface area contributed by atoms with Gasteiger partial charge in [-0.25, -0.2) is 10.9 Å². The molecule has 0 saturated heterocycles. The highest BCUT2D eigenvalue weighted by atomic mass is 14.1. The van der Waals surface area contributed by atoms with Gasteiger partial charge in [0.1, 0.15) is 0 Å². The summed E-state index contributed by atoms with van der Waals surface area (Å²) in [6.45, 7) is 0. The van der Waals surface area contributed by atoms with E-state index in [1.165, 1.54) is 22.1 Å². The summed E-state index contributed by atoms with van der Waals surface area (Å²) in [6, 6.07) is 43.9. The van der Waals surface area contributed by atoms with Crippen LogP contribution in [0.25, 0.3) is 0 Å². The van der Waals surface area contributed by atoms with E-state index < -0.39 is 6.15 Å². The fraction of sp³-hybridized carbons (Fsp3) is 0.0769. The second-order valence-corrected chi connectivity index (χ2v) is 7.45. The normalized spacial score (nSPS) is 11.3.